The minimum absolute atomic E-state index is 0.0138. The van der Waals surface area contributed by atoms with Gasteiger partial charge in [-0.3, -0.25) is 19.8 Å². The molecule has 2 N–H and O–H groups in total. The molecule has 0 bridgehead atoms. The number of thioether (sulfide) groups is 1. The number of nitro groups is 1. The lowest BCUT2D eigenvalue weighted by atomic mass is 10.1. The molecule has 0 unspecified atom stereocenters. The summed E-state index contributed by atoms with van der Waals surface area (Å²) in [5.74, 6) is -2.65. The Balaban J connectivity index is 1.65. The summed E-state index contributed by atoms with van der Waals surface area (Å²) < 4.78 is 5.79. The zero-order valence-electron chi connectivity index (χ0n) is 16.8. The Bertz CT molecular complexity index is 1390. The van der Waals surface area contributed by atoms with E-state index in [1.165, 1.54) is 24.3 Å². The van der Waals surface area contributed by atoms with Crippen molar-refractivity contribution >= 4 is 63.6 Å². The van der Waals surface area contributed by atoms with Gasteiger partial charge in [0.05, 0.1) is 26.6 Å². The number of hydrogen-bond acceptors (Lipinski definition) is 8. The van der Waals surface area contributed by atoms with Crippen LogP contribution >= 0.6 is 24.0 Å². The van der Waals surface area contributed by atoms with Crippen LogP contribution < -0.4 is 4.90 Å². The molecule has 2 heterocycles. The molecule has 1 amide bonds. The molecule has 170 valence electrons. The third kappa shape index (κ3) is 4.44. The smallest absolute Gasteiger partial charge is 0.335 e. The number of hydrogen-bond donors (Lipinski definition) is 2. The standard InChI is InChI=1S/C22H12N2O8S2/c25-19-18(10-16-4-5-17(32-16)11-2-1-3-14(7-11)24(30)31)34-22(33)23(19)15-8-12(20(26)27)6-13(9-15)21(28)29/h1-10H,(H,26,27)(H,28,29)/b18-10+. The molecule has 1 fully saturated rings. The van der Waals surface area contributed by atoms with E-state index in [0.29, 0.717) is 11.3 Å². The van der Waals surface area contributed by atoms with Crippen LogP contribution in [0.4, 0.5) is 11.4 Å². The number of amides is 1. The number of anilines is 1. The molecule has 34 heavy (non-hydrogen) atoms. The first-order valence-corrected chi connectivity index (χ1v) is 10.6. The van der Waals surface area contributed by atoms with Crippen molar-refractivity contribution in [2.45, 2.75) is 0 Å². The fourth-order valence-electron chi connectivity index (χ4n) is 3.17. The van der Waals surface area contributed by atoms with Crippen molar-refractivity contribution in [3.05, 3.63) is 86.5 Å². The van der Waals surface area contributed by atoms with Gasteiger partial charge in [0.25, 0.3) is 11.6 Å². The van der Waals surface area contributed by atoms with Crippen molar-refractivity contribution in [1.82, 2.24) is 0 Å². The Morgan fingerprint density at radius 3 is 2.35 bits per heavy atom. The number of thiocarbonyl (C=S) groups is 1. The number of carboxylic acids is 2. The van der Waals surface area contributed by atoms with Gasteiger partial charge < -0.3 is 14.6 Å². The van der Waals surface area contributed by atoms with Crippen LogP contribution in [0.25, 0.3) is 17.4 Å². The van der Waals surface area contributed by atoms with Crippen molar-refractivity contribution < 1.29 is 33.9 Å². The number of non-ortho nitro benzene ring substituents is 1. The number of furan rings is 1. The minimum atomic E-state index is -1.35. The van der Waals surface area contributed by atoms with Gasteiger partial charge in [0.1, 0.15) is 11.5 Å². The summed E-state index contributed by atoms with van der Waals surface area (Å²) in [4.78, 5) is 47.5. The number of carbonyl (C=O) groups excluding carboxylic acids is 1. The van der Waals surface area contributed by atoms with Crippen molar-refractivity contribution in [2.75, 3.05) is 4.90 Å². The molecule has 10 nitrogen and oxygen atoms in total. The van der Waals surface area contributed by atoms with Gasteiger partial charge in [0, 0.05) is 23.8 Å². The molecule has 3 aromatic rings. The lowest BCUT2D eigenvalue weighted by Gasteiger charge is -2.16. The van der Waals surface area contributed by atoms with Crippen LogP contribution in [0.2, 0.25) is 0 Å². The van der Waals surface area contributed by atoms with E-state index in [9.17, 15) is 34.7 Å². The normalized spacial score (nSPS) is 14.6. The number of carboxylic acid groups (broad SMARTS) is 2. The summed E-state index contributed by atoms with van der Waals surface area (Å²) in [6.45, 7) is 0. The fraction of sp³-hybridized carbons (Fsp3) is 0. The molecule has 1 aliphatic heterocycles. The van der Waals surface area contributed by atoms with E-state index in [1.807, 2.05) is 0 Å². The number of rotatable bonds is 6. The first-order valence-electron chi connectivity index (χ1n) is 9.38. The summed E-state index contributed by atoms with van der Waals surface area (Å²) >= 11 is 6.21. The first-order chi connectivity index (χ1) is 16.1. The van der Waals surface area contributed by atoms with E-state index in [1.54, 1.807) is 18.2 Å². The molecule has 0 spiro atoms. The van der Waals surface area contributed by atoms with Gasteiger partial charge in [-0.05, 0) is 30.3 Å². The Hall–Kier alpha value is -4.29. The van der Waals surface area contributed by atoms with Gasteiger partial charge in [0.15, 0.2) is 4.32 Å². The van der Waals surface area contributed by atoms with Gasteiger partial charge in [0.2, 0.25) is 0 Å². The second-order valence-electron chi connectivity index (χ2n) is 6.91. The molecule has 2 aromatic carbocycles. The molecule has 1 aromatic heterocycles. The summed E-state index contributed by atoms with van der Waals surface area (Å²) in [7, 11) is 0. The van der Waals surface area contributed by atoms with Crippen LogP contribution in [0.15, 0.2) is 63.9 Å². The SMILES string of the molecule is O=C(O)c1cc(C(=O)O)cc(N2C(=O)/C(=C\c3ccc(-c4cccc([N+](=O)[O-])c4)o3)SC2=S)c1. The highest BCUT2D eigenvalue weighted by Gasteiger charge is 2.34. The Labute approximate surface area is 200 Å². The van der Waals surface area contributed by atoms with Crippen LogP contribution in [-0.2, 0) is 4.79 Å². The summed E-state index contributed by atoms with van der Waals surface area (Å²) in [5.41, 5.74) is -0.213. The maximum atomic E-state index is 13.0. The molecular formula is C22H12N2O8S2. The molecule has 0 aliphatic carbocycles. The first kappa shape index (κ1) is 22.9. The second-order valence-corrected chi connectivity index (χ2v) is 8.58. The van der Waals surface area contributed by atoms with Gasteiger partial charge >= 0.3 is 11.9 Å². The molecule has 0 atom stereocenters. The largest absolute Gasteiger partial charge is 0.478 e. The van der Waals surface area contributed by atoms with E-state index in [-0.39, 0.29) is 37.5 Å². The van der Waals surface area contributed by atoms with Gasteiger partial charge in [-0.25, -0.2) is 9.59 Å². The number of aromatic carboxylic acids is 2. The minimum Gasteiger partial charge on any atom is -0.478 e. The molecule has 1 aliphatic rings. The van der Waals surface area contributed by atoms with E-state index in [2.05, 4.69) is 0 Å². The van der Waals surface area contributed by atoms with Gasteiger partial charge in [-0.2, -0.15) is 0 Å². The number of benzene rings is 2. The number of nitro benzene ring substituents is 1. The highest BCUT2D eigenvalue weighted by Crippen LogP contribution is 2.37. The number of nitrogens with zero attached hydrogens (tertiary/aromatic N) is 2. The summed E-state index contributed by atoms with van der Waals surface area (Å²) in [6, 6.07) is 12.4. The Morgan fingerprint density at radius 2 is 1.74 bits per heavy atom. The molecular weight excluding hydrogens is 484 g/mol. The van der Waals surface area contributed by atoms with E-state index >= 15 is 0 Å². The van der Waals surface area contributed by atoms with Gasteiger partial charge in [-0.15, -0.1) is 0 Å². The van der Waals surface area contributed by atoms with Gasteiger partial charge in [-0.1, -0.05) is 36.1 Å². The third-order valence-corrected chi connectivity index (χ3v) is 6.01. The Morgan fingerprint density at radius 1 is 1.06 bits per heavy atom. The highest BCUT2D eigenvalue weighted by molar-refractivity contribution is 8.27. The molecule has 1 saturated heterocycles. The van der Waals surface area contributed by atoms with E-state index in [4.69, 9.17) is 16.6 Å². The van der Waals surface area contributed by atoms with Crippen LogP contribution in [0.3, 0.4) is 0 Å². The van der Waals surface area contributed by atoms with E-state index < -0.39 is 22.8 Å². The Kier molecular flexibility index (Phi) is 6.01. The predicted octanol–water partition coefficient (Wildman–Crippen LogP) is 4.66. The molecule has 12 heteroatoms. The molecule has 0 saturated carbocycles. The topological polar surface area (TPSA) is 151 Å². The van der Waals surface area contributed by atoms with Crippen LogP contribution in [0, 0.1) is 10.1 Å². The zero-order valence-corrected chi connectivity index (χ0v) is 18.5. The van der Waals surface area contributed by atoms with Crippen molar-refractivity contribution in [2.24, 2.45) is 0 Å². The van der Waals surface area contributed by atoms with E-state index in [0.717, 1.165) is 34.9 Å². The average Bonchev–Trinajstić information content (AvgIpc) is 3.37. The quantitative estimate of drug-likeness (QED) is 0.213. The number of carbonyl (C=O) groups is 3. The zero-order chi connectivity index (χ0) is 24.6. The predicted molar refractivity (Wildman–Crippen MR) is 127 cm³/mol. The summed E-state index contributed by atoms with van der Waals surface area (Å²) in [6.07, 6.45) is 1.43. The highest BCUT2D eigenvalue weighted by atomic mass is 32.2. The van der Waals surface area contributed by atoms with Crippen LogP contribution in [0.5, 0.6) is 0 Å². The second kappa shape index (κ2) is 8.92. The third-order valence-electron chi connectivity index (χ3n) is 4.71. The molecule has 4 rings (SSSR count). The monoisotopic (exact) mass is 496 g/mol. The van der Waals surface area contributed by atoms with Crippen molar-refractivity contribution in [1.29, 1.82) is 0 Å². The summed E-state index contributed by atoms with van der Waals surface area (Å²) in [5, 5.41) is 29.6. The average molecular weight is 496 g/mol. The van der Waals surface area contributed by atoms with Crippen molar-refractivity contribution in [3.8, 4) is 11.3 Å². The fourth-order valence-corrected chi connectivity index (χ4v) is 4.44. The lowest BCUT2D eigenvalue weighted by Crippen LogP contribution is -2.28. The maximum Gasteiger partial charge on any atom is 0.335 e. The van der Waals surface area contributed by atoms with Crippen LogP contribution in [0.1, 0.15) is 26.5 Å². The van der Waals surface area contributed by atoms with Crippen LogP contribution in [-0.4, -0.2) is 37.3 Å². The molecule has 0 radical (unpaired) electrons. The van der Waals surface area contributed by atoms with Crippen molar-refractivity contribution in [3.63, 3.8) is 0 Å². The lowest BCUT2D eigenvalue weighted by molar-refractivity contribution is -0.384. The maximum absolute atomic E-state index is 13.0.